The van der Waals surface area contributed by atoms with E-state index in [2.05, 4.69) is 14.5 Å². The first kappa shape index (κ1) is 15.0. The summed E-state index contributed by atoms with van der Waals surface area (Å²) in [5.74, 6) is -1.46. The van der Waals surface area contributed by atoms with Gasteiger partial charge >= 0.3 is 12.3 Å². The Morgan fingerprint density at radius 2 is 2.11 bits per heavy atom. The van der Waals surface area contributed by atoms with E-state index in [1.807, 2.05) is 0 Å². The zero-order valence-electron chi connectivity index (χ0n) is 9.47. The van der Waals surface area contributed by atoms with E-state index >= 15 is 0 Å². The number of ether oxygens (including phenoxy) is 2. The fourth-order valence-corrected chi connectivity index (χ4v) is 1.80. The van der Waals surface area contributed by atoms with Crippen LogP contribution in [0, 0.1) is 10.6 Å². The number of rotatable bonds is 3. The molecule has 100 valence electrons. The molecule has 0 bridgehead atoms. The van der Waals surface area contributed by atoms with E-state index in [-0.39, 0.29) is 21.4 Å². The summed E-state index contributed by atoms with van der Waals surface area (Å²) < 4.78 is 45.5. The Bertz CT molecular complexity index is 462. The predicted octanol–water partition coefficient (Wildman–Crippen LogP) is 3.07. The average molecular weight is 375 g/mol. The number of aromatic nitrogens is 1. The molecule has 0 amide bonds. The normalized spacial score (nSPS) is 11.2. The molecule has 0 N–H and O–H groups in total. The number of halogens is 4. The fraction of sp³-hybridized carbons (Fsp3) is 0.400. The lowest BCUT2D eigenvalue weighted by Crippen LogP contribution is -2.21. The Morgan fingerprint density at radius 3 is 2.61 bits per heavy atom. The van der Waals surface area contributed by atoms with E-state index in [9.17, 15) is 18.0 Å². The molecule has 1 rings (SSSR count). The molecule has 0 radical (unpaired) electrons. The van der Waals surface area contributed by atoms with Crippen LogP contribution in [0.2, 0.25) is 0 Å². The van der Waals surface area contributed by atoms with Crippen molar-refractivity contribution in [3.8, 4) is 5.75 Å². The van der Waals surface area contributed by atoms with Gasteiger partial charge in [0.1, 0.15) is 9.26 Å². The Hall–Kier alpha value is -1.06. The van der Waals surface area contributed by atoms with Crippen LogP contribution >= 0.6 is 22.6 Å². The number of esters is 1. The molecule has 0 fully saturated rings. The molecule has 0 saturated carbocycles. The molecule has 4 nitrogen and oxygen atoms in total. The van der Waals surface area contributed by atoms with Gasteiger partial charge in [0.05, 0.1) is 6.61 Å². The summed E-state index contributed by atoms with van der Waals surface area (Å²) in [6, 6.07) is 0. The minimum atomic E-state index is -4.88. The van der Waals surface area contributed by atoms with Gasteiger partial charge in [-0.2, -0.15) is 0 Å². The monoisotopic (exact) mass is 375 g/mol. The molecule has 1 heterocycles. The number of carbonyl (C=O) groups excluding carboxylic acids is 1. The summed E-state index contributed by atoms with van der Waals surface area (Å²) in [5, 5.41) is 0. The minimum Gasteiger partial charge on any atom is -0.462 e. The molecule has 0 aliphatic heterocycles. The van der Waals surface area contributed by atoms with Gasteiger partial charge in [-0.1, -0.05) is 0 Å². The highest BCUT2D eigenvalue weighted by atomic mass is 127. The lowest BCUT2D eigenvalue weighted by atomic mass is 10.2. The third-order valence-corrected chi connectivity index (χ3v) is 2.68. The number of carbonyl (C=O) groups is 1. The standard InChI is InChI=1S/C10H9F3INO3/c1-3-17-9(16)6-7(18-10(11,12)13)5(2)4-15-8(6)14/h4H,3H2,1-2H3. The summed E-state index contributed by atoms with van der Waals surface area (Å²) in [6.45, 7) is 2.97. The van der Waals surface area contributed by atoms with Crippen molar-refractivity contribution in [3.63, 3.8) is 0 Å². The van der Waals surface area contributed by atoms with E-state index in [1.165, 1.54) is 13.1 Å². The summed E-state index contributed by atoms with van der Waals surface area (Å²) in [6.07, 6.45) is -3.68. The second-order valence-corrected chi connectivity index (χ2v) is 4.23. The van der Waals surface area contributed by atoms with E-state index in [4.69, 9.17) is 0 Å². The SMILES string of the molecule is CCOC(=O)c1c(I)ncc(C)c1OC(F)(F)F. The zero-order chi connectivity index (χ0) is 13.9. The lowest BCUT2D eigenvalue weighted by molar-refractivity contribution is -0.275. The Morgan fingerprint density at radius 1 is 1.50 bits per heavy atom. The van der Waals surface area contributed by atoms with E-state index in [1.54, 1.807) is 29.5 Å². The molecule has 0 aliphatic rings. The van der Waals surface area contributed by atoms with Crippen molar-refractivity contribution < 1.29 is 27.4 Å². The maximum atomic E-state index is 12.3. The molecule has 1 aromatic heterocycles. The number of nitrogens with zero attached hydrogens (tertiary/aromatic N) is 1. The highest BCUT2D eigenvalue weighted by Gasteiger charge is 2.35. The number of alkyl halides is 3. The second kappa shape index (κ2) is 5.72. The first-order valence-corrected chi connectivity index (χ1v) is 5.92. The molecule has 0 spiro atoms. The lowest BCUT2D eigenvalue weighted by Gasteiger charge is -2.15. The van der Waals surface area contributed by atoms with Gasteiger partial charge in [-0.05, 0) is 36.4 Å². The third kappa shape index (κ3) is 3.72. The topological polar surface area (TPSA) is 48.4 Å². The largest absolute Gasteiger partial charge is 0.573 e. The maximum Gasteiger partial charge on any atom is 0.573 e. The average Bonchev–Trinajstić information content (AvgIpc) is 2.22. The van der Waals surface area contributed by atoms with Crippen LogP contribution in [0.1, 0.15) is 22.8 Å². The molecule has 0 unspecified atom stereocenters. The summed E-state index contributed by atoms with van der Waals surface area (Å²) in [4.78, 5) is 15.4. The van der Waals surface area contributed by atoms with Gasteiger partial charge in [0.25, 0.3) is 0 Å². The van der Waals surface area contributed by atoms with Crippen LogP contribution in [0.15, 0.2) is 6.20 Å². The molecule has 8 heteroatoms. The van der Waals surface area contributed by atoms with Crippen LogP contribution < -0.4 is 4.74 Å². The molecular formula is C10H9F3INO3. The van der Waals surface area contributed by atoms with E-state index < -0.39 is 18.1 Å². The van der Waals surface area contributed by atoms with Gasteiger partial charge in [-0.15, -0.1) is 13.2 Å². The molecule has 1 aromatic rings. The van der Waals surface area contributed by atoms with Crippen LogP contribution in [0.3, 0.4) is 0 Å². The molecule has 0 saturated heterocycles. The molecule has 18 heavy (non-hydrogen) atoms. The maximum absolute atomic E-state index is 12.3. The minimum absolute atomic E-state index is 0.0499. The van der Waals surface area contributed by atoms with Crippen molar-refractivity contribution in [1.82, 2.24) is 4.98 Å². The second-order valence-electron chi connectivity index (χ2n) is 3.20. The fourth-order valence-electron chi connectivity index (χ4n) is 1.19. The quantitative estimate of drug-likeness (QED) is 0.463. The van der Waals surface area contributed by atoms with Gasteiger partial charge in [-0.3, -0.25) is 0 Å². The Balaban J connectivity index is 3.29. The van der Waals surface area contributed by atoms with Crippen molar-refractivity contribution in [2.75, 3.05) is 6.61 Å². The Labute approximate surface area is 115 Å². The van der Waals surface area contributed by atoms with Crippen LogP contribution in [0.4, 0.5) is 13.2 Å². The first-order chi connectivity index (χ1) is 8.26. The first-order valence-electron chi connectivity index (χ1n) is 4.84. The van der Waals surface area contributed by atoms with E-state index in [0.29, 0.717) is 0 Å². The van der Waals surface area contributed by atoms with Crippen LogP contribution in [0.5, 0.6) is 5.75 Å². The molecule has 0 aliphatic carbocycles. The molecule has 0 atom stereocenters. The van der Waals surface area contributed by atoms with Gasteiger partial charge in [-0.25, -0.2) is 9.78 Å². The number of pyridine rings is 1. The van der Waals surface area contributed by atoms with Crippen molar-refractivity contribution in [1.29, 1.82) is 0 Å². The number of hydrogen-bond acceptors (Lipinski definition) is 4. The van der Waals surface area contributed by atoms with Crippen molar-refractivity contribution >= 4 is 28.6 Å². The smallest absolute Gasteiger partial charge is 0.462 e. The number of aryl methyl sites for hydroxylation is 1. The molecular weight excluding hydrogens is 366 g/mol. The van der Waals surface area contributed by atoms with Crippen LogP contribution in [-0.4, -0.2) is 23.9 Å². The highest BCUT2D eigenvalue weighted by molar-refractivity contribution is 14.1. The summed E-state index contributed by atoms with van der Waals surface area (Å²) >= 11 is 1.65. The molecule has 0 aromatic carbocycles. The van der Waals surface area contributed by atoms with Gasteiger partial charge in [0.2, 0.25) is 0 Å². The zero-order valence-corrected chi connectivity index (χ0v) is 11.6. The van der Waals surface area contributed by atoms with Crippen LogP contribution in [-0.2, 0) is 4.74 Å². The van der Waals surface area contributed by atoms with Gasteiger partial charge in [0.15, 0.2) is 5.75 Å². The van der Waals surface area contributed by atoms with Crippen LogP contribution in [0.25, 0.3) is 0 Å². The van der Waals surface area contributed by atoms with Crippen molar-refractivity contribution in [2.24, 2.45) is 0 Å². The third-order valence-electron chi connectivity index (χ3n) is 1.86. The highest BCUT2D eigenvalue weighted by Crippen LogP contribution is 2.32. The predicted molar refractivity (Wildman–Crippen MR) is 64.3 cm³/mol. The van der Waals surface area contributed by atoms with Gasteiger partial charge < -0.3 is 9.47 Å². The van der Waals surface area contributed by atoms with E-state index in [0.717, 1.165) is 0 Å². The number of hydrogen-bond donors (Lipinski definition) is 0. The van der Waals surface area contributed by atoms with Crippen molar-refractivity contribution in [2.45, 2.75) is 20.2 Å². The summed E-state index contributed by atoms with van der Waals surface area (Å²) in [5.41, 5.74) is -0.203. The summed E-state index contributed by atoms with van der Waals surface area (Å²) in [7, 11) is 0. The van der Waals surface area contributed by atoms with Crippen molar-refractivity contribution in [3.05, 3.63) is 21.0 Å². The van der Waals surface area contributed by atoms with Gasteiger partial charge in [0, 0.05) is 11.8 Å². The Kier molecular flexibility index (Phi) is 4.77.